The van der Waals surface area contributed by atoms with Gasteiger partial charge in [0.1, 0.15) is 5.75 Å². The summed E-state index contributed by atoms with van der Waals surface area (Å²) in [7, 11) is -1.64. The molecule has 0 fully saturated rings. The van der Waals surface area contributed by atoms with Gasteiger partial charge in [0.25, 0.3) is 0 Å². The van der Waals surface area contributed by atoms with E-state index in [0.29, 0.717) is 0 Å². The molecule has 0 bridgehead atoms. The van der Waals surface area contributed by atoms with Gasteiger partial charge in [0.15, 0.2) is 0 Å². The van der Waals surface area contributed by atoms with Crippen molar-refractivity contribution < 1.29 is 4.43 Å². The molecule has 0 unspecified atom stereocenters. The normalized spacial score (nSPS) is 9.90. The minimum absolute atomic E-state index is 0.724. The number of benzene rings is 1. The second-order valence-corrected chi connectivity index (χ2v) is 4.94. The van der Waals surface area contributed by atoms with E-state index in [1.54, 1.807) is 0 Å². The Hall–Kier alpha value is -0.183. The van der Waals surface area contributed by atoms with Gasteiger partial charge in [-0.3, -0.25) is 0 Å². The molecule has 1 nitrogen and oxygen atoms in total. The zero-order valence-corrected chi connectivity index (χ0v) is 7.56. The maximum atomic E-state index is 5.46. The molecule has 4 heteroatoms. The van der Waals surface area contributed by atoms with Crippen molar-refractivity contribution >= 4 is 29.8 Å². The van der Waals surface area contributed by atoms with Crippen LogP contribution in [0.5, 0.6) is 5.75 Å². The zero-order valence-electron chi connectivity index (χ0n) is 5.05. The molecule has 0 aromatic heterocycles. The molecule has 0 aliphatic heterocycles. The molecule has 10 heavy (non-hydrogen) atoms. The van der Waals surface area contributed by atoms with Crippen molar-refractivity contribution in [3.05, 3.63) is 30.3 Å². The van der Waals surface area contributed by atoms with Crippen molar-refractivity contribution in [3.8, 4) is 5.75 Å². The van der Waals surface area contributed by atoms with E-state index in [4.69, 9.17) is 26.6 Å². The first-order valence-corrected chi connectivity index (χ1v) is 6.13. The first-order chi connectivity index (χ1) is 4.79. The first-order valence-electron chi connectivity index (χ1n) is 2.70. The third-order valence-electron chi connectivity index (χ3n) is 0.938. The number of rotatable bonds is 2. The van der Waals surface area contributed by atoms with Crippen LogP contribution in [0.25, 0.3) is 0 Å². The molecule has 1 radical (unpaired) electrons. The molecule has 0 aliphatic rings. The van der Waals surface area contributed by atoms with Crippen molar-refractivity contribution in [1.29, 1.82) is 0 Å². The molecule has 0 saturated heterocycles. The maximum absolute atomic E-state index is 5.46. The van der Waals surface area contributed by atoms with E-state index in [-0.39, 0.29) is 0 Å². The fraction of sp³-hybridized carbons (Fsp3) is 0. The lowest BCUT2D eigenvalue weighted by molar-refractivity contribution is 0.603. The Morgan fingerprint density at radius 1 is 1.10 bits per heavy atom. The van der Waals surface area contributed by atoms with Crippen molar-refractivity contribution in [3.63, 3.8) is 0 Å². The maximum Gasteiger partial charge on any atom is 0.511 e. The van der Waals surface area contributed by atoms with Crippen LogP contribution in [0.15, 0.2) is 30.3 Å². The topological polar surface area (TPSA) is 9.23 Å². The van der Waals surface area contributed by atoms with E-state index in [1.165, 1.54) is 0 Å². The van der Waals surface area contributed by atoms with Gasteiger partial charge in [0, 0.05) is 0 Å². The summed E-state index contributed by atoms with van der Waals surface area (Å²) in [6.07, 6.45) is 0. The highest BCUT2D eigenvalue weighted by molar-refractivity contribution is 7.31. The summed E-state index contributed by atoms with van der Waals surface area (Å²) in [6, 6.07) is 9.27. The van der Waals surface area contributed by atoms with Crippen LogP contribution >= 0.6 is 22.2 Å². The van der Waals surface area contributed by atoms with Crippen molar-refractivity contribution in [2.45, 2.75) is 0 Å². The predicted molar refractivity (Wildman–Crippen MR) is 44.5 cm³/mol. The van der Waals surface area contributed by atoms with Crippen molar-refractivity contribution in [2.75, 3.05) is 0 Å². The van der Waals surface area contributed by atoms with Gasteiger partial charge >= 0.3 is 7.66 Å². The lowest BCUT2D eigenvalue weighted by Gasteiger charge is -2.01. The van der Waals surface area contributed by atoms with Crippen LogP contribution in [-0.2, 0) is 0 Å². The molecule has 0 N–H and O–H groups in total. The van der Waals surface area contributed by atoms with Crippen LogP contribution in [0, 0.1) is 0 Å². The van der Waals surface area contributed by atoms with Crippen LogP contribution in [-0.4, -0.2) is 7.66 Å². The smallest absolute Gasteiger partial charge is 0.511 e. The molecule has 1 aromatic rings. The fourth-order valence-corrected chi connectivity index (χ4v) is 1.43. The number of hydrogen-bond acceptors (Lipinski definition) is 1. The van der Waals surface area contributed by atoms with E-state index in [1.807, 2.05) is 30.3 Å². The average molecular weight is 192 g/mol. The first kappa shape index (κ1) is 7.92. The molecule has 0 spiro atoms. The molecule has 1 rings (SSSR count). The van der Waals surface area contributed by atoms with E-state index in [2.05, 4.69) is 0 Å². The van der Waals surface area contributed by atoms with Gasteiger partial charge in [-0.25, -0.2) is 0 Å². The van der Waals surface area contributed by atoms with Gasteiger partial charge in [-0.1, -0.05) is 40.4 Å². The average Bonchev–Trinajstić information content (AvgIpc) is 1.88. The SMILES string of the molecule is Cl[Si](Cl)Oc1ccccc1. The Labute approximate surface area is 70.7 Å². The Morgan fingerprint density at radius 2 is 1.70 bits per heavy atom. The number of para-hydroxylation sites is 1. The van der Waals surface area contributed by atoms with Crippen LogP contribution in [0.2, 0.25) is 0 Å². The Balaban J connectivity index is 2.59. The zero-order chi connectivity index (χ0) is 7.40. The molecular weight excluding hydrogens is 187 g/mol. The molecule has 1 aromatic carbocycles. The summed E-state index contributed by atoms with van der Waals surface area (Å²) in [6.45, 7) is 0. The summed E-state index contributed by atoms with van der Waals surface area (Å²) in [5.41, 5.74) is 0. The minimum Gasteiger partial charge on any atom is -0.517 e. The second-order valence-electron chi connectivity index (χ2n) is 1.64. The van der Waals surface area contributed by atoms with Gasteiger partial charge in [0.05, 0.1) is 0 Å². The standard InChI is InChI=1S/C6H5Cl2OSi/c7-10(8)9-6-4-2-1-3-5-6/h1-5H. The van der Waals surface area contributed by atoms with Crippen LogP contribution in [0.3, 0.4) is 0 Å². The molecule has 0 atom stereocenters. The molecule has 0 heterocycles. The minimum atomic E-state index is -1.64. The molecule has 0 saturated carbocycles. The Kier molecular flexibility index (Phi) is 3.06. The summed E-state index contributed by atoms with van der Waals surface area (Å²) < 4.78 is 5.05. The van der Waals surface area contributed by atoms with E-state index < -0.39 is 7.66 Å². The molecule has 0 aliphatic carbocycles. The number of hydrogen-bond donors (Lipinski definition) is 0. The number of halogens is 2. The summed E-state index contributed by atoms with van der Waals surface area (Å²) in [4.78, 5) is 0. The highest BCUT2D eigenvalue weighted by Gasteiger charge is 2.05. The predicted octanol–water partition coefficient (Wildman–Crippen LogP) is 2.53. The van der Waals surface area contributed by atoms with Gasteiger partial charge < -0.3 is 4.43 Å². The van der Waals surface area contributed by atoms with Crippen LogP contribution in [0.1, 0.15) is 0 Å². The summed E-state index contributed by atoms with van der Waals surface area (Å²) >= 11 is 10.9. The quantitative estimate of drug-likeness (QED) is 0.516. The highest BCUT2D eigenvalue weighted by Crippen LogP contribution is 2.11. The summed E-state index contributed by atoms with van der Waals surface area (Å²) in [5, 5.41) is 0. The fourth-order valence-electron chi connectivity index (χ4n) is 0.578. The van der Waals surface area contributed by atoms with E-state index >= 15 is 0 Å². The van der Waals surface area contributed by atoms with Gasteiger partial charge in [-0.05, 0) is 12.1 Å². The Bertz CT molecular complexity index is 190. The van der Waals surface area contributed by atoms with Gasteiger partial charge in [0.2, 0.25) is 0 Å². The summed E-state index contributed by atoms with van der Waals surface area (Å²) in [5.74, 6) is 0.724. The molecule has 53 valence electrons. The molecule has 0 amide bonds. The van der Waals surface area contributed by atoms with Crippen molar-refractivity contribution in [2.24, 2.45) is 0 Å². The molecular formula is C6H5Cl2OSi. The van der Waals surface area contributed by atoms with E-state index in [0.717, 1.165) is 5.75 Å². The third-order valence-corrected chi connectivity index (χ3v) is 1.79. The van der Waals surface area contributed by atoms with Gasteiger partial charge in [-0.15, -0.1) is 0 Å². The lowest BCUT2D eigenvalue weighted by atomic mass is 10.3. The highest BCUT2D eigenvalue weighted by atomic mass is 35.7. The van der Waals surface area contributed by atoms with Crippen molar-refractivity contribution in [1.82, 2.24) is 0 Å². The van der Waals surface area contributed by atoms with Crippen LogP contribution in [0.4, 0.5) is 0 Å². The Morgan fingerprint density at radius 3 is 2.20 bits per heavy atom. The second kappa shape index (κ2) is 3.86. The monoisotopic (exact) mass is 191 g/mol. The van der Waals surface area contributed by atoms with Gasteiger partial charge in [-0.2, -0.15) is 0 Å². The van der Waals surface area contributed by atoms with E-state index in [9.17, 15) is 0 Å². The largest absolute Gasteiger partial charge is 0.517 e. The van der Waals surface area contributed by atoms with Crippen LogP contribution < -0.4 is 4.43 Å². The lowest BCUT2D eigenvalue weighted by Crippen LogP contribution is -2.04. The third kappa shape index (κ3) is 2.60.